The average molecular weight is 446 g/mol. The number of fused-ring (bicyclic) bond motifs is 1. The predicted octanol–water partition coefficient (Wildman–Crippen LogP) is 4.68. The van der Waals surface area contributed by atoms with Crippen LogP contribution in [0.4, 0.5) is 0 Å². The van der Waals surface area contributed by atoms with Crippen LogP contribution in [0, 0.1) is 0 Å². The molecule has 2 aromatic carbocycles. The van der Waals surface area contributed by atoms with Crippen LogP contribution in [0.2, 0.25) is 0 Å². The van der Waals surface area contributed by atoms with Crippen molar-refractivity contribution < 1.29 is 8.42 Å². The molecule has 0 bridgehead atoms. The summed E-state index contributed by atoms with van der Waals surface area (Å²) in [5, 5.41) is -0.180. The van der Waals surface area contributed by atoms with E-state index in [2.05, 4.69) is 69.0 Å². The maximum Gasteiger partial charge on any atom is 0.150 e. The van der Waals surface area contributed by atoms with E-state index in [4.69, 9.17) is 0 Å². The molecule has 0 saturated carbocycles. The molecule has 1 fully saturated rings. The molecule has 1 aliphatic heterocycles. The third-order valence-corrected chi connectivity index (χ3v) is 8.10. The number of benzene rings is 2. The second-order valence-corrected chi connectivity index (χ2v) is 11.0. The summed E-state index contributed by atoms with van der Waals surface area (Å²) in [5.41, 5.74) is 6.72. The molecule has 1 aliphatic rings. The monoisotopic (exact) mass is 445 g/mol. The molecule has 2 aromatic heterocycles. The van der Waals surface area contributed by atoms with Crippen molar-refractivity contribution in [3.63, 3.8) is 0 Å². The number of imidazole rings is 1. The lowest BCUT2D eigenvalue weighted by molar-refractivity contribution is 0.222. The van der Waals surface area contributed by atoms with Gasteiger partial charge in [0.15, 0.2) is 0 Å². The Hall–Kier alpha value is -2.96. The quantitative estimate of drug-likeness (QED) is 0.448. The van der Waals surface area contributed by atoms with E-state index >= 15 is 0 Å². The molecule has 164 valence electrons. The van der Waals surface area contributed by atoms with Crippen LogP contribution < -0.4 is 0 Å². The smallest absolute Gasteiger partial charge is 0.150 e. The zero-order valence-corrected chi connectivity index (χ0v) is 19.0. The van der Waals surface area contributed by atoms with Crippen LogP contribution in [0.1, 0.15) is 18.4 Å². The van der Waals surface area contributed by atoms with E-state index in [1.807, 2.05) is 24.4 Å². The van der Waals surface area contributed by atoms with Crippen molar-refractivity contribution in [2.45, 2.75) is 24.6 Å². The molecule has 0 spiro atoms. The van der Waals surface area contributed by atoms with E-state index in [0.29, 0.717) is 0 Å². The van der Waals surface area contributed by atoms with Crippen LogP contribution in [-0.4, -0.2) is 47.3 Å². The van der Waals surface area contributed by atoms with E-state index in [9.17, 15) is 8.42 Å². The summed E-state index contributed by atoms with van der Waals surface area (Å²) in [6.45, 7) is 2.52. The van der Waals surface area contributed by atoms with Gasteiger partial charge in [-0.2, -0.15) is 0 Å². The van der Waals surface area contributed by atoms with E-state index in [0.717, 1.165) is 60.5 Å². The zero-order chi connectivity index (χ0) is 22.1. The van der Waals surface area contributed by atoms with E-state index in [1.54, 1.807) is 0 Å². The largest absolute Gasteiger partial charge is 0.300 e. The summed E-state index contributed by atoms with van der Waals surface area (Å²) in [6.07, 6.45) is 6.82. The van der Waals surface area contributed by atoms with Gasteiger partial charge in [0.1, 0.15) is 15.5 Å². The molecule has 1 saturated heterocycles. The number of rotatable bonds is 5. The first-order valence-corrected chi connectivity index (χ1v) is 13.0. The average Bonchev–Trinajstić information content (AvgIpc) is 3.23. The number of piperidine rings is 1. The first-order valence-electron chi connectivity index (χ1n) is 11.0. The van der Waals surface area contributed by atoms with E-state index in [1.165, 1.54) is 11.8 Å². The second-order valence-electron chi connectivity index (χ2n) is 8.66. The molecular formula is C26H27N3O2S. The minimum Gasteiger partial charge on any atom is -0.300 e. The fraction of sp³-hybridized carbons (Fsp3) is 0.269. The van der Waals surface area contributed by atoms with E-state index < -0.39 is 9.84 Å². The molecule has 4 aromatic rings. The highest BCUT2D eigenvalue weighted by Crippen LogP contribution is 2.26. The van der Waals surface area contributed by atoms with Gasteiger partial charge in [-0.05, 0) is 54.8 Å². The topological polar surface area (TPSA) is 54.7 Å². The van der Waals surface area contributed by atoms with Crippen LogP contribution >= 0.6 is 0 Å². The first-order chi connectivity index (χ1) is 15.5. The summed E-state index contributed by atoms with van der Waals surface area (Å²) in [4.78, 5) is 6.96. The zero-order valence-electron chi connectivity index (χ0n) is 18.2. The fourth-order valence-corrected chi connectivity index (χ4v) is 5.61. The molecule has 32 heavy (non-hydrogen) atoms. The molecule has 5 rings (SSSR count). The molecule has 6 heteroatoms. The van der Waals surface area contributed by atoms with Gasteiger partial charge in [-0.1, -0.05) is 54.6 Å². The molecule has 0 N–H and O–H groups in total. The maximum atomic E-state index is 11.8. The number of aromatic nitrogens is 2. The maximum absolute atomic E-state index is 11.8. The third-order valence-electron chi connectivity index (χ3n) is 6.42. The van der Waals surface area contributed by atoms with Gasteiger partial charge in [-0.3, -0.25) is 9.30 Å². The number of nitrogens with zero attached hydrogens (tertiary/aromatic N) is 3. The van der Waals surface area contributed by atoms with Gasteiger partial charge >= 0.3 is 0 Å². The predicted molar refractivity (Wildman–Crippen MR) is 129 cm³/mol. The van der Waals surface area contributed by atoms with Gasteiger partial charge in [-0.25, -0.2) is 13.4 Å². The number of hydrogen-bond donors (Lipinski definition) is 0. The Morgan fingerprint density at radius 1 is 0.906 bits per heavy atom. The summed E-state index contributed by atoms with van der Waals surface area (Å²) in [6, 6.07) is 23.2. The lowest BCUT2D eigenvalue weighted by atomic mass is 10.0. The molecule has 0 radical (unpaired) electrons. The highest BCUT2D eigenvalue weighted by molar-refractivity contribution is 7.91. The molecule has 5 nitrogen and oxygen atoms in total. The Kier molecular flexibility index (Phi) is 5.57. The summed E-state index contributed by atoms with van der Waals surface area (Å²) in [5.74, 6) is 0. The SMILES string of the molecule is CS(=O)(=O)C1CCN(Cc2ccc(-c3ccn4c(-c5ccccc5)cnc4c3)cc2)CC1. The molecule has 0 aliphatic carbocycles. The Morgan fingerprint density at radius 3 is 2.31 bits per heavy atom. The van der Waals surface area contributed by atoms with Crippen molar-refractivity contribution in [2.75, 3.05) is 19.3 Å². The van der Waals surface area contributed by atoms with Crippen LogP contribution in [-0.2, 0) is 16.4 Å². The van der Waals surface area contributed by atoms with Crippen molar-refractivity contribution in [3.05, 3.63) is 84.7 Å². The third kappa shape index (κ3) is 4.33. The highest BCUT2D eigenvalue weighted by Gasteiger charge is 2.26. The molecule has 0 unspecified atom stereocenters. The van der Waals surface area contributed by atoms with Crippen molar-refractivity contribution in [2.24, 2.45) is 0 Å². The number of sulfone groups is 1. The second kappa shape index (κ2) is 8.52. The Morgan fingerprint density at radius 2 is 1.62 bits per heavy atom. The highest BCUT2D eigenvalue weighted by atomic mass is 32.2. The Labute approximate surface area is 189 Å². The standard InChI is InChI=1S/C26H27N3O2S/c1-32(30,31)24-12-14-28(15-13-24)19-20-7-9-21(10-8-20)23-11-16-29-25(18-27-26(29)17-23)22-5-3-2-4-6-22/h2-11,16-18,24H,12-15,19H2,1H3. The lowest BCUT2D eigenvalue weighted by Gasteiger charge is -2.31. The van der Waals surface area contributed by atoms with Crippen molar-refractivity contribution in [1.29, 1.82) is 0 Å². The van der Waals surface area contributed by atoms with Crippen LogP contribution in [0.25, 0.3) is 28.0 Å². The molecular weight excluding hydrogens is 418 g/mol. The minimum absolute atomic E-state index is 0.180. The normalized spacial score (nSPS) is 15.9. The van der Waals surface area contributed by atoms with Gasteiger partial charge in [0.2, 0.25) is 0 Å². The summed E-state index contributed by atoms with van der Waals surface area (Å²) in [7, 11) is -2.92. The first kappa shape index (κ1) is 20.9. The van der Waals surface area contributed by atoms with Crippen LogP contribution in [0.15, 0.2) is 79.1 Å². The lowest BCUT2D eigenvalue weighted by Crippen LogP contribution is -2.38. The van der Waals surface area contributed by atoms with Gasteiger partial charge in [0, 0.05) is 24.6 Å². The Balaban J connectivity index is 1.29. The Bertz CT molecular complexity index is 1320. The number of pyridine rings is 1. The van der Waals surface area contributed by atoms with Gasteiger partial charge < -0.3 is 0 Å². The summed E-state index contributed by atoms with van der Waals surface area (Å²) >= 11 is 0. The van der Waals surface area contributed by atoms with Crippen LogP contribution in [0.5, 0.6) is 0 Å². The van der Waals surface area contributed by atoms with Gasteiger partial charge in [-0.15, -0.1) is 0 Å². The van der Waals surface area contributed by atoms with Crippen molar-refractivity contribution in [1.82, 2.24) is 14.3 Å². The number of likely N-dealkylation sites (tertiary alicyclic amines) is 1. The van der Waals surface area contributed by atoms with Crippen molar-refractivity contribution in [3.8, 4) is 22.4 Å². The molecule has 3 heterocycles. The molecule has 0 atom stereocenters. The number of hydrogen-bond acceptors (Lipinski definition) is 4. The minimum atomic E-state index is -2.92. The fourth-order valence-electron chi connectivity index (χ4n) is 4.54. The van der Waals surface area contributed by atoms with Gasteiger partial charge in [0.25, 0.3) is 0 Å². The summed E-state index contributed by atoms with van der Waals surface area (Å²) < 4.78 is 25.6. The van der Waals surface area contributed by atoms with Crippen LogP contribution in [0.3, 0.4) is 0 Å². The van der Waals surface area contributed by atoms with Crippen molar-refractivity contribution >= 4 is 15.5 Å². The van der Waals surface area contributed by atoms with Gasteiger partial charge in [0.05, 0.1) is 17.1 Å². The van der Waals surface area contributed by atoms with E-state index in [-0.39, 0.29) is 5.25 Å². The molecule has 0 amide bonds.